The number of alkyl halides is 1. The molecular formula is C31H33ClN4O2S. The van der Waals surface area contributed by atoms with Gasteiger partial charge >= 0.3 is 0 Å². The van der Waals surface area contributed by atoms with E-state index in [-0.39, 0.29) is 16.7 Å². The maximum absolute atomic E-state index is 14.1. The lowest BCUT2D eigenvalue weighted by atomic mass is 10.00. The maximum atomic E-state index is 14.1. The first-order valence-corrected chi connectivity index (χ1v) is 15.0. The molecule has 2 aliphatic rings. The summed E-state index contributed by atoms with van der Waals surface area (Å²) >= 11 is 7.87. The number of carbonyl (C=O) groups is 1. The molecule has 6 rings (SSSR count). The molecule has 1 unspecified atom stereocenters. The zero-order valence-electron chi connectivity index (χ0n) is 22.3. The lowest BCUT2D eigenvalue weighted by Gasteiger charge is -2.35. The number of allylic oxidation sites excluding steroid dienone is 1. The quantitative estimate of drug-likeness (QED) is 0.247. The summed E-state index contributed by atoms with van der Waals surface area (Å²) in [5.74, 6) is 0.677. The Bertz CT molecular complexity index is 1500. The molecule has 1 fully saturated rings. The average Bonchev–Trinajstić information content (AvgIpc) is 3.67. The Kier molecular flexibility index (Phi) is 7.56. The zero-order valence-corrected chi connectivity index (χ0v) is 23.8. The third kappa shape index (κ3) is 5.40. The van der Waals surface area contributed by atoms with Crippen molar-refractivity contribution in [2.45, 2.75) is 56.4 Å². The Balaban J connectivity index is 1.38. The highest BCUT2D eigenvalue weighted by atomic mass is 35.5. The lowest BCUT2D eigenvalue weighted by Crippen LogP contribution is -2.47. The second-order valence-corrected chi connectivity index (χ2v) is 12.6. The van der Waals surface area contributed by atoms with E-state index >= 15 is 0 Å². The number of carbonyl (C=O) groups excluding carboxylic acids is 1. The first-order chi connectivity index (χ1) is 19.0. The normalized spacial score (nSPS) is 18.7. The Labute approximate surface area is 238 Å². The molecule has 1 N–H and O–H groups in total. The van der Waals surface area contributed by atoms with Gasteiger partial charge in [-0.3, -0.25) is 4.79 Å². The van der Waals surface area contributed by atoms with Gasteiger partial charge in [-0.2, -0.15) is 0 Å². The van der Waals surface area contributed by atoms with Crippen LogP contribution in [0.5, 0.6) is 0 Å². The predicted molar refractivity (Wildman–Crippen MR) is 160 cm³/mol. The molecule has 2 aromatic heterocycles. The van der Waals surface area contributed by atoms with E-state index in [1.807, 2.05) is 36.4 Å². The summed E-state index contributed by atoms with van der Waals surface area (Å²) in [6, 6.07) is 21.1. The Morgan fingerprint density at radius 2 is 1.87 bits per heavy atom. The van der Waals surface area contributed by atoms with Crippen LogP contribution in [0.25, 0.3) is 26.9 Å². The number of hydrogen-bond donors (Lipinski definition) is 1. The molecule has 2 aliphatic heterocycles. The maximum Gasteiger partial charge on any atom is 0.268 e. The number of para-hydroxylation sites is 1. The average molecular weight is 561 g/mol. The van der Waals surface area contributed by atoms with Crippen molar-refractivity contribution in [1.29, 1.82) is 0 Å². The van der Waals surface area contributed by atoms with Crippen LogP contribution in [0, 0.1) is 0 Å². The van der Waals surface area contributed by atoms with Gasteiger partial charge in [-0.05, 0) is 44.7 Å². The van der Waals surface area contributed by atoms with Crippen LogP contribution in [0.15, 0.2) is 71.3 Å². The van der Waals surface area contributed by atoms with Gasteiger partial charge in [0, 0.05) is 47.7 Å². The molecule has 0 saturated carbocycles. The number of fused-ring (bicyclic) bond motifs is 1. The van der Waals surface area contributed by atoms with Gasteiger partial charge in [-0.1, -0.05) is 59.8 Å². The summed E-state index contributed by atoms with van der Waals surface area (Å²) < 4.78 is 7.83. The summed E-state index contributed by atoms with van der Waals surface area (Å²) in [6.07, 6.45) is 4.80. The van der Waals surface area contributed by atoms with Gasteiger partial charge < -0.3 is 19.3 Å². The van der Waals surface area contributed by atoms with Crippen LogP contribution in [0.3, 0.4) is 0 Å². The summed E-state index contributed by atoms with van der Waals surface area (Å²) in [5.41, 5.74) is 4.40. The minimum Gasteiger partial charge on any atom is -0.355 e. The number of thioether (sulfide) groups is 1. The van der Waals surface area contributed by atoms with Crippen molar-refractivity contribution < 1.29 is 9.32 Å². The lowest BCUT2D eigenvalue weighted by molar-refractivity contribution is 0.0893. The minimum atomic E-state index is -0.0455. The third-order valence-corrected chi connectivity index (χ3v) is 9.22. The number of rotatable bonds is 7. The fourth-order valence-corrected chi connectivity index (χ4v) is 6.92. The van der Waals surface area contributed by atoms with Crippen molar-refractivity contribution in [2.75, 3.05) is 13.1 Å². The highest BCUT2D eigenvalue weighted by molar-refractivity contribution is 8.10. The van der Waals surface area contributed by atoms with Crippen LogP contribution in [0.1, 0.15) is 55.1 Å². The second-order valence-electron chi connectivity index (χ2n) is 10.6. The molecule has 39 heavy (non-hydrogen) atoms. The number of nitrogens with one attached hydrogen (secondary N) is 1. The molecule has 0 spiro atoms. The van der Waals surface area contributed by atoms with Gasteiger partial charge in [0.1, 0.15) is 11.4 Å². The van der Waals surface area contributed by atoms with Crippen molar-refractivity contribution in [1.82, 2.24) is 19.9 Å². The smallest absolute Gasteiger partial charge is 0.268 e. The number of benzene rings is 2. The Morgan fingerprint density at radius 3 is 2.59 bits per heavy atom. The van der Waals surface area contributed by atoms with Gasteiger partial charge in [0.15, 0.2) is 5.76 Å². The first-order valence-electron chi connectivity index (χ1n) is 13.7. The summed E-state index contributed by atoms with van der Waals surface area (Å²) in [5, 5.41) is 8.82. The van der Waals surface area contributed by atoms with Crippen molar-refractivity contribution in [2.24, 2.45) is 0 Å². The number of piperidine rings is 1. The minimum absolute atomic E-state index is 0.0260. The standard InChI is InChI=1S/C31H33ClN4O2S/c1-20(2)35-16-14-22(15-17-35)33-31(37)30-29(21-8-4-3-5-9-21)24-10-6-7-11-25(24)36(30)19-23-18-26(38-34-23)27-12-13-28(32)39-27/h3-12,18,20,22,28H,13-17,19H2,1-2H3,(H,33,37). The van der Waals surface area contributed by atoms with Crippen LogP contribution < -0.4 is 5.32 Å². The van der Waals surface area contributed by atoms with Gasteiger partial charge in [0.05, 0.1) is 16.2 Å². The molecule has 8 heteroatoms. The second kappa shape index (κ2) is 11.2. The van der Waals surface area contributed by atoms with Crippen molar-refractivity contribution >= 4 is 45.1 Å². The largest absolute Gasteiger partial charge is 0.355 e. The summed E-state index contributed by atoms with van der Waals surface area (Å²) in [4.78, 5) is 17.6. The molecular weight excluding hydrogens is 528 g/mol. The molecule has 6 nitrogen and oxygen atoms in total. The molecule has 0 aliphatic carbocycles. The van der Waals surface area contributed by atoms with E-state index in [2.05, 4.69) is 64.1 Å². The van der Waals surface area contributed by atoms with Crippen molar-refractivity contribution in [3.05, 3.63) is 83.9 Å². The highest BCUT2D eigenvalue weighted by Crippen LogP contribution is 2.41. The molecule has 1 amide bonds. The number of likely N-dealkylation sites (tertiary alicyclic amines) is 1. The number of aromatic nitrogens is 2. The molecule has 0 bridgehead atoms. The highest BCUT2D eigenvalue weighted by Gasteiger charge is 2.28. The Hall–Kier alpha value is -3.00. The molecule has 1 saturated heterocycles. The molecule has 4 aromatic rings. The van der Waals surface area contributed by atoms with E-state index in [4.69, 9.17) is 16.1 Å². The number of halogens is 1. The first kappa shape index (κ1) is 26.2. The van der Waals surface area contributed by atoms with Crippen LogP contribution in [0.4, 0.5) is 0 Å². The third-order valence-electron chi connectivity index (χ3n) is 7.71. The van der Waals surface area contributed by atoms with E-state index in [9.17, 15) is 4.79 Å². The zero-order chi connectivity index (χ0) is 26.9. The number of hydrogen-bond acceptors (Lipinski definition) is 5. The van der Waals surface area contributed by atoms with Gasteiger partial charge in [-0.15, -0.1) is 23.4 Å². The fraction of sp³-hybridized carbons (Fsp3) is 0.355. The predicted octanol–water partition coefficient (Wildman–Crippen LogP) is 6.99. The molecule has 0 radical (unpaired) electrons. The molecule has 4 heterocycles. The van der Waals surface area contributed by atoms with Crippen molar-refractivity contribution in [3.63, 3.8) is 0 Å². The number of amides is 1. The molecule has 202 valence electrons. The monoisotopic (exact) mass is 560 g/mol. The molecule has 1 atom stereocenters. The number of nitrogens with zero attached hydrogens (tertiary/aromatic N) is 3. The topological polar surface area (TPSA) is 63.3 Å². The van der Waals surface area contributed by atoms with Crippen LogP contribution in [0.2, 0.25) is 0 Å². The van der Waals surface area contributed by atoms with Gasteiger partial charge in [0.2, 0.25) is 0 Å². The van der Waals surface area contributed by atoms with E-state index < -0.39 is 0 Å². The van der Waals surface area contributed by atoms with E-state index in [0.717, 1.165) is 70.7 Å². The van der Waals surface area contributed by atoms with Crippen LogP contribution in [-0.4, -0.2) is 50.4 Å². The van der Waals surface area contributed by atoms with E-state index in [1.54, 1.807) is 11.8 Å². The van der Waals surface area contributed by atoms with Gasteiger partial charge in [-0.25, -0.2) is 0 Å². The Morgan fingerprint density at radius 1 is 1.13 bits per heavy atom. The van der Waals surface area contributed by atoms with Crippen molar-refractivity contribution in [3.8, 4) is 11.1 Å². The summed E-state index contributed by atoms with van der Waals surface area (Å²) in [6.45, 7) is 6.88. The fourth-order valence-electron chi connectivity index (χ4n) is 5.67. The van der Waals surface area contributed by atoms with Crippen LogP contribution >= 0.6 is 23.4 Å². The van der Waals surface area contributed by atoms with Crippen LogP contribution in [-0.2, 0) is 6.54 Å². The summed E-state index contributed by atoms with van der Waals surface area (Å²) in [7, 11) is 0. The SMILES string of the molecule is CC(C)N1CCC(NC(=O)c2c(-c3ccccc3)c3ccccc3n2Cc2cc(C3=CCC(Cl)S3)on2)CC1. The van der Waals surface area contributed by atoms with Gasteiger partial charge in [0.25, 0.3) is 5.91 Å². The molecule has 2 aromatic carbocycles. The van der Waals surface area contributed by atoms with E-state index in [1.165, 1.54) is 0 Å². The van der Waals surface area contributed by atoms with E-state index in [0.29, 0.717) is 18.3 Å².